The van der Waals surface area contributed by atoms with Gasteiger partial charge in [-0.1, -0.05) is 57.4 Å². The van der Waals surface area contributed by atoms with E-state index in [1.54, 1.807) is 67.8 Å². The number of methoxy groups -OCH3 is 1. The third kappa shape index (κ3) is 6.12. The predicted molar refractivity (Wildman–Crippen MR) is 200 cm³/mol. The smallest absolute Gasteiger partial charge is 0.266 e. The number of carbonyl (C=O) groups is 4. The Morgan fingerprint density at radius 1 is 0.509 bits per heavy atom. The van der Waals surface area contributed by atoms with Crippen LogP contribution in [-0.2, 0) is 5.41 Å². The van der Waals surface area contributed by atoms with Gasteiger partial charge in [0.25, 0.3) is 23.6 Å². The van der Waals surface area contributed by atoms with Crippen molar-refractivity contribution in [1.29, 1.82) is 0 Å². The van der Waals surface area contributed by atoms with E-state index in [9.17, 15) is 19.2 Å². The first kappa shape index (κ1) is 33.9. The van der Waals surface area contributed by atoms with E-state index in [2.05, 4.69) is 13.8 Å². The standard InChI is InChI=1S/C44H38N2O7/c1-44(2,27-9-15-32(16-10-27)52-34-21-23-36-38(25-34)42(49)45(40(36)47)29-7-5-4-6-8-29)28-11-17-33(18-12-28)53-35-22-24-37-39(26-35)43(50)46(41(37)48)30-13-19-31(51-3)20-14-30/h9-26,29H,4-8H2,1-3H3. The van der Waals surface area contributed by atoms with E-state index in [-0.39, 0.29) is 34.7 Å². The number of fused-ring (bicyclic) bond motifs is 2. The number of nitrogens with zero attached hydrogens (tertiary/aromatic N) is 2. The number of carbonyl (C=O) groups excluding carboxylic acids is 4. The molecule has 0 radical (unpaired) electrons. The topological polar surface area (TPSA) is 102 Å². The third-order valence-electron chi connectivity index (χ3n) is 10.6. The van der Waals surface area contributed by atoms with Crippen molar-refractivity contribution in [2.45, 2.75) is 57.4 Å². The molecule has 53 heavy (non-hydrogen) atoms. The van der Waals surface area contributed by atoms with Crippen molar-refractivity contribution >= 4 is 29.3 Å². The van der Waals surface area contributed by atoms with Crippen LogP contribution >= 0.6 is 0 Å². The minimum absolute atomic E-state index is 0.0247. The molecule has 8 rings (SSSR count). The maximum absolute atomic E-state index is 13.3. The van der Waals surface area contributed by atoms with Crippen LogP contribution in [0.25, 0.3) is 0 Å². The molecule has 0 unspecified atom stereocenters. The van der Waals surface area contributed by atoms with E-state index in [0.717, 1.165) is 48.1 Å². The van der Waals surface area contributed by atoms with E-state index in [1.165, 1.54) is 4.90 Å². The number of ether oxygens (including phenoxy) is 3. The molecule has 0 atom stereocenters. The van der Waals surface area contributed by atoms with Crippen LogP contribution in [0.2, 0.25) is 0 Å². The number of rotatable bonds is 9. The molecule has 0 aromatic heterocycles. The van der Waals surface area contributed by atoms with Crippen molar-refractivity contribution in [2.75, 3.05) is 12.0 Å². The summed E-state index contributed by atoms with van der Waals surface area (Å²) in [7, 11) is 1.56. The SMILES string of the molecule is COc1ccc(N2C(=O)c3ccc(Oc4ccc(C(C)(C)c5ccc(Oc6ccc7c(c6)C(=O)N(C6CCCCC6)C7=O)cc5)cc4)cc3C2=O)cc1. The molecule has 1 fully saturated rings. The Morgan fingerprint density at radius 2 is 0.943 bits per heavy atom. The highest BCUT2D eigenvalue weighted by Crippen LogP contribution is 2.38. The van der Waals surface area contributed by atoms with E-state index >= 15 is 0 Å². The van der Waals surface area contributed by atoms with Crippen molar-refractivity contribution in [1.82, 2.24) is 4.90 Å². The second kappa shape index (κ2) is 13.4. The third-order valence-corrected chi connectivity index (χ3v) is 10.6. The van der Waals surface area contributed by atoms with Crippen LogP contribution in [0, 0.1) is 0 Å². The van der Waals surface area contributed by atoms with Crippen molar-refractivity contribution in [3.8, 4) is 28.7 Å². The Bertz CT molecular complexity index is 2250. The van der Waals surface area contributed by atoms with Gasteiger partial charge in [-0.05, 0) is 109 Å². The van der Waals surface area contributed by atoms with Gasteiger partial charge >= 0.3 is 0 Å². The minimum atomic E-state index is -0.408. The highest BCUT2D eigenvalue weighted by molar-refractivity contribution is 6.34. The lowest BCUT2D eigenvalue weighted by Crippen LogP contribution is -2.40. The summed E-state index contributed by atoms with van der Waals surface area (Å²) in [6.45, 7) is 4.27. The van der Waals surface area contributed by atoms with Crippen LogP contribution in [-0.4, -0.2) is 41.7 Å². The Balaban J connectivity index is 0.924. The molecule has 9 nitrogen and oxygen atoms in total. The molecule has 3 aliphatic rings. The van der Waals surface area contributed by atoms with Gasteiger partial charge in [-0.2, -0.15) is 0 Å². The predicted octanol–water partition coefficient (Wildman–Crippen LogP) is 9.34. The Kier molecular flexibility index (Phi) is 8.57. The lowest BCUT2D eigenvalue weighted by atomic mass is 9.78. The molecule has 0 N–H and O–H groups in total. The molecule has 0 spiro atoms. The molecular formula is C44H38N2O7. The molecule has 1 aliphatic carbocycles. The van der Waals surface area contributed by atoms with Gasteiger partial charge in [0.1, 0.15) is 28.7 Å². The van der Waals surface area contributed by atoms with Crippen molar-refractivity contribution in [2.24, 2.45) is 0 Å². The molecule has 2 aliphatic heterocycles. The monoisotopic (exact) mass is 706 g/mol. The molecule has 5 aromatic carbocycles. The Morgan fingerprint density at radius 3 is 1.47 bits per heavy atom. The van der Waals surface area contributed by atoms with Gasteiger partial charge in [-0.3, -0.25) is 24.1 Å². The Labute approximate surface area is 307 Å². The lowest BCUT2D eigenvalue weighted by molar-refractivity contribution is 0.0548. The van der Waals surface area contributed by atoms with E-state index < -0.39 is 5.91 Å². The van der Waals surface area contributed by atoms with Crippen LogP contribution in [0.4, 0.5) is 5.69 Å². The second-order valence-corrected chi connectivity index (χ2v) is 14.2. The van der Waals surface area contributed by atoms with Crippen molar-refractivity contribution in [3.63, 3.8) is 0 Å². The molecule has 266 valence electrons. The van der Waals surface area contributed by atoms with Crippen molar-refractivity contribution in [3.05, 3.63) is 143 Å². The van der Waals surface area contributed by atoms with Crippen LogP contribution in [0.15, 0.2) is 109 Å². The maximum atomic E-state index is 13.3. The van der Waals surface area contributed by atoms with Gasteiger partial charge in [0.05, 0.1) is 35.1 Å². The molecule has 9 heteroatoms. The first-order valence-electron chi connectivity index (χ1n) is 17.9. The minimum Gasteiger partial charge on any atom is -0.497 e. The van der Waals surface area contributed by atoms with Gasteiger partial charge in [-0.15, -0.1) is 0 Å². The number of anilines is 1. The number of hydrogen-bond acceptors (Lipinski definition) is 7. The van der Waals surface area contributed by atoms with Gasteiger partial charge in [-0.25, -0.2) is 4.90 Å². The number of imide groups is 2. The summed E-state index contributed by atoms with van der Waals surface area (Å²) in [5.74, 6) is 1.57. The average molecular weight is 707 g/mol. The van der Waals surface area contributed by atoms with Crippen LogP contribution < -0.4 is 19.1 Å². The largest absolute Gasteiger partial charge is 0.497 e. The highest BCUT2D eigenvalue weighted by atomic mass is 16.5. The zero-order valence-electron chi connectivity index (χ0n) is 29.8. The van der Waals surface area contributed by atoms with Gasteiger partial charge in [0.15, 0.2) is 0 Å². The fourth-order valence-corrected chi connectivity index (χ4v) is 7.54. The van der Waals surface area contributed by atoms with Crippen molar-refractivity contribution < 1.29 is 33.4 Å². The molecular weight excluding hydrogens is 668 g/mol. The van der Waals surface area contributed by atoms with Crippen LogP contribution in [0.3, 0.4) is 0 Å². The van der Waals surface area contributed by atoms with Gasteiger partial charge in [0.2, 0.25) is 0 Å². The highest BCUT2D eigenvalue weighted by Gasteiger charge is 2.41. The van der Waals surface area contributed by atoms with E-state index in [1.807, 2.05) is 48.5 Å². The number of hydrogen-bond donors (Lipinski definition) is 0. The molecule has 2 heterocycles. The van der Waals surface area contributed by atoms with Gasteiger partial charge < -0.3 is 14.2 Å². The summed E-state index contributed by atoms with van der Waals surface area (Å²) in [4.78, 5) is 55.3. The molecule has 0 bridgehead atoms. The van der Waals surface area contributed by atoms with Crippen LogP contribution in [0.5, 0.6) is 28.7 Å². The van der Waals surface area contributed by atoms with E-state index in [0.29, 0.717) is 51.1 Å². The zero-order valence-corrected chi connectivity index (χ0v) is 29.8. The first-order chi connectivity index (χ1) is 25.6. The lowest BCUT2D eigenvalue weighted by Gasteiger charge is -2.29. The number of amides is 4. The quantitative estimate of drug-likeness (QED) is 0.141. The first-order valence-corrected chi connectivity index (χ1v) is 17.9. The summed E-state index contributed by atoms with van der Waals surface area (Å²) < 4.78 is 17.5. The summed E-state index contributed by atoms with van der Waals surface area (Å²) in [6.07, 6.45) is 4.95. The summed E-state index contributed by atoms with van der Waals surface area (Å²) >= 11 is 0. The molecule has 5 aromatic rings. The fourth-order valence-electron chi connectivity index (χ4n) is 7.54. The summed E-state index contributed by atoms with van der Waals surface area (Å²) in [5, 5.41) is 0. The molecule has 1 saturated carbocycles. The zero-order chi connectivity index (χ0) is 36.9. The maximum Gasteiger partial charge on any atom is 0.266 e. The van der Waals surface area contributed by atoms with Gasteiger partial charge in [0, 0.05) is 11.5 Å². The normalized spacial score (nSPS) is 15.8. The van der Waals surface area contributed by atoms with E-state index in [4.69, 9.17) is 14.2 Å². The number of benzene rings is 5. The summed E-state index contributed by atoms with van der Waals surface area (Å²) in [6, 6.07) is 32.4. The molecule has 4 amide bonds. The Hall–Kier alpha value is -6.22. The fraction of sp³-hybridized carbons (Fsp3) is 0.227. The molecule has 0 saturated heterocycles. The second-order valence-electron chi connectivity index (χ2n) is 14.2. The summed E-state index contributed by atoms with van der Waals surface area (Å²) in [5.41, 5.74) is 3.70. The average Bonchev–Trinajstić information content (AvgIpc) is 3.58. The van der Waals surface area contributed by atoms with Crippen LogP contribution in [0.1, 0.15) is 98.5 Å².